The molecule has 7 heteroatoms. The van der Waals surface area contributed by atoms with Gasteiger partial charge in [0.2, 0.25) is 0 Å². The van der Waals surface area contributed by atoms with Gasteiger partial charge in [-0.25, -0.2) is 0 Å². The molecule has 0 unspecified atom stereocenters. The molecular formula is C9H5BrF6. The van der Waals surface area contributed by atoms with Gasteiger partial charge in [-0.15, -0.1) is 0 Å². The Morgan fingerprint density at radius 3 is 1.81 bits per heavy atom. The van der Waals surface area contributed by atoms with E-state index < -0.39 is 28.0 Å². The van der Waals surface area contributed by atoms with Crippen LogP contribution < -0.4 is 0 Å². The number of rotatable bonds is 0. The number of aryl methyl sites for hydroxylation is 1. The molecule has 0 bridgehead atoms. The van der Waals surface area contributed by atoms with Crippen molar-refractivity contribution < 1.29 is 26.3 Å². The summed E-state index contributed by atoms with van der Waals surface area (Å²) in [6.07, 6.45) is -9.63. The molecule has 0 spiro atoms. The van der Waals surface area contributed by atoms with Gasteiger partial charge in [0, 0.05) is 4.47 Å². The number of halogens is 7. The Morgan fingerprint density at radius 2 is 1.44 bits per heavy atom. The molecule has 0 nitrogen and oxygen atoms in total. The molecule has 0 heterocycles. The van der Waals surface area contributed by atoms with E-state index in [1.807, 2.05) is 0 Å². The highest BCUT2D eigenvalue weighted by atomic mass is 79.9. The molecule has 1 rings (SSSR count). The first kappa shape index (κ1) is 13.3. The molecule has 1 aromatic carbocycles. The molecule has 90 valence electrons. The SMILES string of the molecule is Cc1ccc(C(F)(F)F)c(Br)c1C(F)(F)F. The summed E-state index contributed by atoms with van der Waals surface area (Å²) in [5.74, 6) is 0. The van der Waals surface area contributed by atoms with Gasteiger partial charge < -0.3 is 0 Å². The van der Waals surface area contributed by atoms with E-state index in [-0.39, 0.29) is 5.56 Å². The molecule has 0 aliphatic carbocycles. The second kappa shape index (κ2) is 3.94. The normalized spacial score (nSPS) is 13.0. The predicted molar refractivity (Wildman–Crippen MR) is 48.9 cm³/mol. The van der Waals surface area contributed by atoms with Crippen molar-refractivity contribution in [3.8, 4) is 0 Å². The van der Waals surface area contributed by atoms with Gasteiger partial charge in [-0.3, -0.25) is 0 Å². The molecule has 0 saturated heterocycles. The van der Waals surface area contributed by atoms with E-state index >= 15 is 0 Å². The number of alkyl halides is 6. The minimum absolute atomic E-state index is 0.257. The Morgan fingerprint density at radius 1 is 0.938 bits per heavy atom. The van der Waals surface area contributed by atoms with Gasteiger partial charge in [0.1, 0.15) is 0 Å². The summed E-state index contributed by atoms with van der Waals surface area (Å²) >= 11 is 2.36. The topological polar surface area (TPSA) is 0 Å². The summed E-state index contributed by atoms with van der Waals surface area (Å²) < 4.78 is 73.5. The van der Waals surface area contributed by atoms with E-state index in [2.05, 4.69) is 15.9 Å². The van der Waals surface area contributed by atoms with Gasteiger partial charge in [-0.1, -0.05) is 6.07 Å². The van der Waals surface area contributed by atoms with E-state index in [4.69, 9.17) is 0 Å². The van der Waals surface area contributed by atoms with Crippen molar-refractivity contribution in [3.05, 3.63) is 33.3 Å². The lowest BCUT2D eigenvalue weighted by atomic mass is 10.0. The third-order valence-electron chi connectivity index (χ3n) is 1.94. The van der Waals surface area contributed by atoms with Crippen LogP contribution in [0.3, 0.4) is 0 Å². The van der Waals surface area contributed by atoms with Gasteiger partial charge in [0.05, 0.1) is 11.1 Å². The summed E-state index contributed by atoms with van der Waals surface area (Å²) in [5.41, 5.74) is -2.87. The third-order valence-corrected chi connectivity index (χ3v) is 2.76. The first-order valence-electron chi connectivity index (χ1n) is 3.98. The van der Waals surface area contributed by atoms with E-state index in [0.29, 0.717) is 6.07 Å². The van der Waals surface area contributed by atoms with Crippen LogP contribution in [0.25, 0.3) is 0 Å². The summed E-state index contributed by atoms with van der Waals surface area (Å²) in [6.45, 7) is 1.10. The molecule has 1 aromatic rings. The van der Waals surface area contributed by atoms with Gasteiger partial charge in [-0.05, 0) is 34.5 Å². The van der Waals surface area contributed by atoms with Gasteiger partial charge in [0.25, 0.3) is 0 Å². The quantitative estimate of drug-likeness (QED) is 0.604. The lowest BCUT2D eigenvalue weighted by Crippen LogP contribution is -2.14. The highest BCUT2D eigenvalue weighted by Gasteiger charge is 2.41. The van der Waals surface area contributed by atoms with Crippen molar-refractivity contribution in [2.24, 2.45) is 0 Å². The summed E-state index contributed by atoms with van der Waals surface area (Å²) in [6, 6.07) is 1.42. The van der Waals surface area contributed by atoms with Crippen LogP contribution in [-0.2, 0) is 12.4 Å². The highest BCUT2D eigenvalue weighted by Crippen LogP contribution is 2.43. The molecule has 16 heavy (non-hydrogen) atoms. The third kappa shape index (κ3) is 2.50. The zero-order valence-corrected chi connectivity index (χ0v) is 9.39. The van der Waals surface area contributed by atoms with Crippen LogP contribution in [0.15, 0.2) is 16.6 Å². The number of hydrogen-bond donors (Lipinski definition) is 0. The number of hydrogen-bond acceptors (Lipinski definition) is 0. The van der Waals surface area contributed by atoms with Crippen molar-refractivity contribution >= 4 is 15.9 Å². The largest absolute Gasteiger partial charge is 0.417 e. The average molecular weight is 307 g/mol. The molecule has 0 aliphatic rings. The van der Waals surface area contributed by atoms with Gasteiger partial charge in [0.15, 0.2) is 0 Å². The summed E-state index contributed by atoms with van der Waals surface area (Å²) in [5, 5.41) is 0. The molecule has 0 fully saturated rings. The van der Waals surface area contributed by atoms with Gasteiger partial charge in [-0.2, -0.15) is 26.3 Å². The van der Waals surface area contributed by atoms with E-state index in [1.54, 1.807) is 0 Å². The van der Waals surface area contributed by atoms with Crippen LogP contribution in [0.2, 0.25) is 0 Å². The maximum Gasteiger partial charge on any atom is 0.417 e. The number of benzene rings is 1. The van der Waals surface area contributed by atoms with Crippen molar-refractivity contribution in [3.63, 3.8) is 0 Å². The lowest BCUT2D eigenvalue weighted by molar-refractivity contribution is -0.144. The fraction of sp³-hybridized carbons (Fsp3) is 0.333. The Labute approximate surface area is 95.4 Å². The predicted octanol–water partition coefficient (Wildman–Crippen LogP) is 4.80. The van der Waals surface area contributed by atoms with Crippen LogP contribution in [0, 0.1) is 6.92 Å². The smallest absolute Gasteiger partial charge is 0.166 e. The molecule has 0 amide bonds. The Bertz CT molecular complexity index is 404. The first-order chi connectivity index (χ1) is 7.05. The fourth-order valence-corrected chi connectivity index (χ4v) is 2.13. The van der Waals surface area contributed by atoms with Crippen LogP contribution >= 0.6 is 15.9 Å². The Balaban J connectivity index is 3.52. The molecule has 0 atom stereocenters. The van der Waals surface area contributed by atoms with E-state index in [0.717, 1.165) is 13.0 Å². The lowest BCUT2D eigenvalue weighted by Gasteiger charge is -2.16. The van der Waals surface area contributed by atoms with Gasteiger partial charge >= 0.3 is 12.4 Å². The fourth-order valence-electron chi connectivity index (χ4n) is 1.24. The zero-order chi connectivity index (χ0) is 12.7. The second-order valence-electron chi connectivity index (χ2n) is 3.11. The molecule has 0 N–H and O–H groups in total. The summed E-state index contributed by atoms with van der Waals surface area (Å²) in [4.78, 5) is 0. The zero-order valence-electron chi connectivity index (χ0n) is 7.80. The maximum absolute atomic E-state index is 12.5. The minimum atomic E-state index is -4.82. The molecule has 0 radical (unpaired) electrons. The van der Waals surface area contributed by atoms with Crippen molar-refractivity contribution in [2.45, 2.75) is 19.3 Å². The van der Waals surface area contributed by atoms with Crippen LogP contribution in [0.1, 0.15) is 16.7 Å². The Kier molecular flexibility index (Phi) is 3.29. The maximum atomic E-state index is 12.5. The van der Waals surface area contributed by atoms with Crippen molar-refractivity contribution in [2.75, 3.05) is 0 Å². The standard InChI is InChI=1S/C9H5BrF6/c1-4-2-3-5(8(11,12)13)7(10)6(4)9(14,15)16/h2-3H,1H3. The molecule has 0 saturated carbocycles. The molecular weight excluding hydrogens is 302 g/mol. The molecule has 0 aliphatic heterocycles. The van der Waals surface area contributed by atoms with Crippen molar-refractivity contribution in [1.82, 2.24) is 0 Å². The molecule has 0 aromatic heterocycles. The van der Waals surface area contributed by atoms with Crippen LogP contribution in [-0.4, -0.2) is 0 Å². The van der Waals surface area contributed by atoms with Crippen molar-refractivity contribution in [1.29, 1.82) is 0 Å². The monoisotopic (exact) mass is 306 g/mol. The summed E-state index contributed by atoms with van der Waals surface area (Å²) in [7, 11) is 0. The van der Waals surface area contributed by atoms with Crippen LogP contribution in [0.5, 0.6) is 0 Å². The Hall–Kier alpha value is -0.720. The second-order valence-corrected chi connectivity index (χ2v) is 3.91. The van der Waals surface area contributed by atoms with Crippen LogP contribution in [0.4, 0.5) is 26.3 Å². The van der Waals surface area contributed by atoms with E-state index in [9.17, 15) is 26.3 Å². The average Bonchev–Trinajstić information content (AvgIpc) is 1.97. The minimum Gasteiger partial charge on any atom is -0.166 e. The first-order valence-corrected chi connectivity index (χ1v) is 4.78. The highest BCUT2D eigenvalue weighted by molar-refractivity contribution is 9.10. The van der Waals surface area contributed by atoms with E-state index in [1.165, 1.54) is 0 Å².